The molecular formula is C24H21N3O4S3. The molecule has 0 aliphatic heterocycles. The van der Waals surface area contributed by atoms with Crippen LogP contribution in [0.1, 0.15) is 9.67 Å². The first-order valence-corrected chi connectivity index (χ1v) is 12.9. The highest BCUT2D eigenvalue weighted by Crippen LogP contribution is 2.33. The van der Waals surface area contributed by atoms with Crippen molar-refractivity contribution in [3.05, 3.63) is 70.2 Å². The van der Waals surface area contributed by atoms with E-state index in [0.29, 0.717) is 27.2 Å². The molecule has 2 N–H and O–H groups in total. The van der Waals surface area contributed by atoms with Gasteiger partial charge in [-0.05, 0) is 47.8 Å². The molecule has 7 nitrogen and oxygen atoms in total. The normalized spacial score (nSPS) is 10.5. The molecule has 0 unspecified atom stereocenters. The first-order chi connectivity index (χ1) is 16.6. The van der Waals surface area contributed by atoms with Gasteiger partial charge in [-0.2, -0.15) is 0 Å². The maximum absolute atomic E-state index is 12.5. The van der Waals surface area contributed by atoms with Crippen molar-refractivity contribution < 1.29 is 19.1 Å². The number of thiophene rings is 1. The molecule has 174 valence electrons. The molecule has 2 aromatic heterocycles. The van der Waals surface area contributed by atoms with Crippen LogP contribution in [-0.2, 0) is 4.79 Å². The van der Waals surface area contributed by atoms with Gasteiger partial charge in [0.05, 0.1) is 30.5 Å². The van der Waals surface area contributed by atoms with Crippen LogP contribution in [0.25, 0.3) is 11.3 Å². The molecule has 2 aromatic carbocycles. The van der Waals surface area contributed by atoms with Crippen LogP contribution < -0.4 is 20.1 Å². The summed E-state index contributed by atoms with van der Waals surface area (Å²) in [6.07, 6.45) is 0. The molecule has 0 spiro atoms. The summed E-state index contributed by atoms with van der Waals surface area (Å²) in [5.41, 5.74) is 2.29. The van der Waals surface area contributed by atoms with Crippen molar-refractivity contribution >= 4 is 57.1 Å². The summed E-state index contributed by atoms with van der Waals surface area (Å²) < 4.78 is 10.6. The van der Waals surface area contributed by atoms with Gasteiger partial charge in [-0.15, -0.1) is 34.4 Å². The molecule has 4 aromatic rings. The van der Waals surface area contributed by atoms with E-state index < -0.39 is 0 Å². The number of nitrogens with one attached hydrogen (secondary N) is 2. The zero-order chi connectivity index (χ0) is 23.9. The van der Waals surface area contributed by atoms with Gasteiger partial charge in [0, 0.05) is 21.5 Å². The number of hydrogen-bond acceptors (Lipinski definition) is 8. The molecule has 0 saturated heterocycles. The summed E-state index contributed by atoms with van der Waals surface area (Å²) >= 11 is 4.13. The molecule has 10 heteroatoms. The average Bonchev–Trinajstić information content (AvgIpc) is 3.55. The van der Waals surface area contributed by atoms with E-state index in [1.165, 1.54) is 34.4 Å². The summed E-state index contributed by atoms with van der Waals surface area (Å²) in [6.45, 7) is 0. The predicted octanol–water partition coefficient (Wildman–Crippen LogP) is 5.87. The molecule has 0 radical (unpaired) electrons. The second kappa shape index (κ2) is 11.2. The lowest BCUT2D eigenvalue weighted by molar-refractivity contribution is -0.113. The SMILES string of the molecule is COc1ccc(-c2csc(NC(=O)CSc3cccc(NC(=O)c4cccs4)c3)n2)cc1OC. The highest BCUT2D eigenvalue weighted by Gasteiger charge is 2.12. The Hall–Kier alpha value is -3.34. The molecule has 34 heavy (non-hydrogen) atoms. The number of carbonyl (C=O) groups is 2. The molecule has 0 fully saturated rings. The summed E-state index contributed by atoms with van der Waals surface area (Å²) in [6, 6.07) is 16.6. The zero-order valence-corrected chi connectivity index (χ0v) is 20.8. The first-order valence-electron chi connectivity index (χ1n) is 10.1. The minimum absolute atomic E-state index is 0.149. The van der Waals surface area contributed by atoms with Crippen molar-refractivity contribution in [2.24, 2.45) is 0 Å². The lowest BCUT2D eigenvalue weighted by Gasteiger charge is -2.08. The van der Waals surface area contributed by atoms with Gasteiger partial charge in [-0.1, -0.05) is 12.1 Å². The van der Waals surface area contributed by atoms with E-state index in [4.69, 9.17) is 9.47 Å². The van der Waals surface area contributed by atoms with E-state index in [9.17, 15) is 9.59 Å². The first kappa shape index (κ1) is 23.8. The Balaban J connectivity index is 1.33. The van der Waals surface area contributed by atoms with Gasteiger partial charge in [0.2, 0.25) is 5.91 Å². The van der Waals surface area contributed by atoms with E-state index in [0.717, 1.165) is 16.2 Å². The number of rotatable bonds is 9. The maximum Gasteiger partial charge on any atom is 0.265 e. The van der Waals surface area contributed by atoms with Crippen LogP contribution in [0.2, 0.25) is 0 Å². The number of hydrogen-bond donors (Lipinski definition) is 2. The van der Waals surface area contributed by atoms with Crippen LogP contribution >= 0.6 is 34.4 Å². The van der Waals surface area contributed by atoms with Crippen molar-refractivity contribution in [2.75, 3.05) is 30.6 Å². The van der Waals surface area contributed by atoms with Crippen molar-refractivity contribution in [2.45, 2.75) is 4.90 Å². The zero-order valence-electron chi connectivity index (χ0n) is 18.4. The lowest BCUT2D eigenvalue weighted by atomic mass is 10.1. The Morgan fingerprint density at radius 3 is 2.59 bits per heavy atom. The molecular weight excluding hydrogens is 490 g/mol. The van der Waals surface area contributed by atoms with E-state index in [-0.39, 0.29) is 17.6 Å². The number of thiazole rings is 1. The minimum Gasteiger partial charge on any atom is -0.493 e. The Morgan fingerprint density at radius 2 is 1.82 bits per heavy atom. The van der Waals surface area contributed by atoms with Gasteiger partial charge >= 0.3 is 0 Å². The van der Waals surface area contributed by atoms with Crippen LogP contribution in [-0.4, -0.2) is 36.8 Å². The smallest absolute Gasteiger partial charge is 0.265 e. The monoisotopic (exact) mass is 511 g/mol. The van der Waals surface area contributed by atoms with Crippen LogP contribution in [0.5, 0.6) is 11.5 Å². The molecule has 4 rings (SSSR count). The van der Waals surface area contributed by atoms with Crippen LogP contribution in [0.4, 0.5) is 10.8 Å². The average molecular weight is 512 g/mol. The fourth-order valence-electron chi connectivity index (χ4n) is 3.03. The van der Waals surface area contributed by atoms with Crippen molar-refractivity contribution in [3.8, 4) is 22.8 Å². The second-order valence-corrected chi connectivity index (χ2v) is 9.76. The third-order valence-corrected chi connectivity index (χ3v) is 7.26. The second-order valence-electron chi connectivity index (χ2n) is 6.90. The van der Waals surface area contributed by atoms with Crippen molar-refractivity contribution in [3.63, 3.8) is 0 Å². The highest BCUT2D eigenvalue weighted by molar-refractivity contribution is 8.00. The van der Waals surface area contributed by atoms with Crippen LogP contribution in [0, 0.1) is 0 Å². The van der Waals surface area contributed by atoms with E-state index in [1.54, 1.807) is 20.3 Å². The van der Waals surface area contributed by atoms with Gasteiger partial charge in [-0.3, -0.25) is 9.59 Å². The molecule has 0 aliphatic carbocycles. The van der Waals surface area contributed by atoms with E-state index in [2.05, 4.69) is 15.6 Å². The fraction of sp³-hybridized carbons (Fsp3) is 0.125. The molecule has 2 heterocycles. The summed E-state index contributed by atoms with van der Waals surface area (Å²) in [5.74, 6) is 1.16. The number of nitrogens with zero attached hydrogens (tertiary/aromatic N) is 1. The van der Waals surface area contributed by atoms with Gasteiger partial charge in [0.25, 0.3) is 5.91 Å². The van der Waals surface area contributed by atoms with E-state index in [1.807, 2.05) is 59.3 Å². The van der Waals surface area contributed by atoms with Crippen LogP contribution in [0.15, 0.2) is 70.3 Å². The number of methoxy groups -OCH3 is 2. The Bertz CT molecular complexity index is 1290. The fourth-order valence-corrected chi connectivity index (χ4v) is 5.14. The Kier molecular flexibility index (Phi) is 7.84. The molecule has 0 atom stereocenters. The number of thioether (sulfide) groups is 1. The van der Waals surface area contributed by atoms with Crippen molar-refractivity contribution in [1.29, 1.82) is 0 Å². The molecule has 0 aliphatic rings. The lowest BCUT2D eigenvalue weighted by Crippen LogP contribution is -2.14. The number of benzene rings is 2. The quantitative estimate of drug-likeness (QED) is 0.273. The third kappa shape index (κ3) is 5.96. The number of ether oxygens (including phenoxy) is 2. The predicted molar refractivity (Wildman–Crippen MR) is 139 cm³/mol. The topological polar surface area (TPSA) is 89.6 Å². The highest BCUT2D eigenvalue weighted by atomic mass is 32.2. The van der Waals surface area contributed by atoms with Crippen molar-refractivity contribution in [1.82, 2.24) is 4.98 Å². The number of amides is 2. The molecule has 0 saturated carbocycles. The molecule has 2 amide bonds. The standard InChI is InChI=1S/C24H21N3O4S3/c1-30-19-9-8-15(11-20(19)31-2)18-13-34-24(26-18)27-22(28)14-33-17-6-3-5-16(12-17)25-23(29)21-7-4-10-32-21/h3-13H,14H2,1-2H3,(H,25,29)(H,26,27,28). The third-order valence-electron chi connectivity index (χ3n) is 4.64. The van der Waals surface area contributed by atoms with Gasteiger partial charge in [-0.25, -0.2) is 4.98 Å². The van der Waals surface area contributed by atoms with E-state index >= 15 is 0 Å². The number of anilines is 2. The Morgan fingerprint density at radius 1 is 0.971 bits per heavy atom. The van der Waals surface area contributed by atoms with Gasteiger partial charge in [0.15, 0.2) is 16.6 Å². The Labute approximate surface area is 209 Å². The largest absolute Gasteiger partial charge is 0.493 e. The summed E-state index contributed by atoms with van der Waals surface area (Å²) in [7, 11) is 3.17. The summed E-state index contributed by atoms with van der Waals surface area (Å²) in [4.78, 5) is 30.7. The summed E-state index contributed by atoms with van der Waals surface area (Å²) in [5, 5.41) is 9.98. The van der Waals surface area contributed by atoms with Gasteiger partial charge in [0.1, 0.15) is 0 Å². The molecule has 0 bridgehead atoms. The maximum atomic E-state index is 12.5. The number of carbonyl (C=O) groups excluding carboxylic acids is 2. The van der Waals surface area contributed by atoms with Gasteiger partial charge < -0.3 is 20.1 Å². The van der Waals surface area contributed by atoms with Crippen LogP contribution in [0.3, 0.4) is 0 Å². The minimum atomic E-state index is -0.161. The number of aromatic nitrogens is 1.